The van der Waals surface area contributed by atoms with Gasteiger partial charge in [-0.2, -0.15) is 8.42 Å². The summed E-state index contributed by atoms with van der Waals surface area (Å²) in [6.45, 7) is 1.84. The van der Waals surface area contributed by atoms with E-state index < -0.39 is 10.1 Å². The zero-order valence-electron chi connectivity index (χ0n) is 13.9. The number of hydrogen-bond donors (Lipinski definition) is 2. The monoisotopic (exact) mass is 453 g/mol. The maximum atomic E-state index is 10.5. The first-order valence-corrected chi connectivity index (χ1v) is 11.1. The summed E-state index contributed by atoms with van der Waals surface area (Å²) >= 11 is 18.9. The average molecular weight is 455 g/mol. The fourth-order valence-electron chi connectivity index (χ4n) is 1.73. The number of hydrogen-bond acceptors (Lipinski definition) is 4. The Hall–Kier alpha value is -0.760. The van der Waals surface area contributed by atoms with Gasteiger partial charge in [-0.1, -0.05) is 47.0 Å². The third kappa shape index (κ3) is 7.86. The summed E-state index contributed by atoms with van der Waals surface area (Å²) in [6.07, 6.45) is 0.872. The van der Waals surface area contributed by atoms with Gasteiger partial charge in [0.2, 0.25) is 0 Å². The summed E-state index contributed by atoms with van der Waals surface area (Å²) in [7, 11) is -4.02. The number of benzene rings is 2. The van der Waals surface area contributed by atoms with E-state index in [1.165, 1.54) is 23.9 Å². The molecule has 2 aromatic carbocycles. The number of alkyl halides is 1. The van der Waals surface area contributed by atoms with Crippen LogP contribution in [0.4, 0.5) is 0 Å². The number of nitrogens with one attached hydrogen (secondary N) is 1. The van der Waals surface area contributed by atoms with Crippen molar-refractivity contribution >= 4 is 61.7 Å². The van der Waals surface area contributed by atoms with Gasteiger partial charge in [-0.15, -0.1) is 23.4 Å². The first-order chi connectivity index (χ1) is 12.2. The Kier molecular flexibility index (Phi) is 10.00. The first kappa shape index (κ1) is 23.3. The minimum Gasteiger partial charge on any atom is -0.293 e. The van der Waals surface area contributed by atoms with Crippen LogP contribution in [0.5, 0.6) is 0 Å². The van der Waals surface area contributed by atoms with Gasteiger partial charge in [-0.3, -0.25) is 9.96 Å². The van der Waals surface area contributed by atoms with Crippen molar-refractivity contribution in [1.82, 2.24) is 0 Å². The number of aryl methyl sites for hydroxylation is 1. The number of rotatable bonds is 5. The van der Waals surface area contributed by atoms with E-state index in [4.69, 9.17) is 44.8 Å². The smallest absolute Gasteiger partial charge is 0.293 e. The Morgan fingerprint density at radius 3 is 2.12 bits per heavy atom. The molecule has 0 aliphatic carbocycles. The second kappa shape index (κ2) is 11.2. The highest BCUT2D eigenvalue weighted by molar-refractivity contribution is 8.14. The minimum absolute atomic E-state index is 0.0666. The van der Waals surface area contributed by atoms with Crippen molar-refractivity contribution in [3.05, 3.63) is 63.6 Å². The molecule has 142 valence electrons. The molecule has 4 nitrogen and oxygen atoms in total. The Morgan fingerprint density at radius 1 is 1.12 bits per heavy atom. The van der Waals surface area contributed by atoms with E-state index in [1.54, 1.807) is 30.3 Å². The van der Waals surface area contributed by atoms with E-state index >= 15 is 0 Å². The summed E-state index contributed by atoms with van der Waals surface area (Å²) < 4.78 is 29.6. The SMILES string of the molecule is Cc1ccc(S(=O)(=O)O)cc1.N=C(SCCCCl)c1c(Cl)cccc1Cl. The molecule has 2 rings (SSSR count). The van der Waals surface area contributed by atoms with Crippen molar-refractivity contribution in [2.75, 3.05) is 11.6 Å². The summed E-state index contributed by atoms with van der Waals surface area (Å²) in [4.78, 5) is -0.0666. The lowest BCUT2D eigenvalue weighted by Gasteiger charge is -2.07. The molecule has 0 radical (unpaired) electrons. The van der Waals surface area contributed by atoms with E-state index in [0.717, 1.165) is 17.7 Å². The highest BCUT2D eigenvalue weighted by Gasteiger charge is 2.11. The molecule has 0 atom stereocenters. The summed E-state index contributed by atoms with van der Waals surface area (Å²) in [6, 6.07) is 11.2. The van der Waals surface area contributed by atoms with Crippen molar-refractivity contribution in [2.45, 2.75) is 18.2 Å². The van der Waals surface area contributed by atoms with Crippen LogP contribution in [0.1, 0.15) is 17.5 Å². The molecule has 2 aromatic rings. The minimum atomic E-state index is -4.02. The predicted molar refractivity (Wildman–Crippen MR) is 112 cm³/mol. The molecule has 0 fully saturated rings. The largest absolute Gasteiger partial charge is 0.294 e. The zero-order chi connectivity index (χ0) is 19.7. The lowest BCUT2D eigenvalue weighted by molar-refractivity contribution is 0.483. The normalized spacial score (nSPS) is 10.8. The highest BCUT2D eigenvalue weighted by Crippen LogP contribution is 2.28. The van der Waals surface area contributed by atoms with E-state index in [1.807, 2.05) is 6.92 Å². The summed E-state index contributed by atoms with van der Waals surface area (Å²) in [5, 5.41) is 9.28. The fourth-order valence-corrected chi connectivity index (χ4v) is 4.05. The average Bonchev–Trinajstić information content (AvgIpc) is 2.55. The van der Waals surface area contributed by atoms with Crippen molar-refractivity contribution in [3.63, 3.8) is 0 Å². The highest BCUT2D eigenvalue weighted by atomic mass is 35.5. The van der Waals surface area contributed by atoms with Gasteiger partial charge in [0.25, 0.3) is 10.1 Å². The molecule has 0 aromatic heterocycles. The molecular weight excluding hydrogens is 437 g/mol. The number of halogens is 3. The maximum Gasteiger partial charge on any atom is 0.294 e. The standard InChI is InChI=1S/C10H10Cl3NS.C7H8O3S/c11-5-2-6-15-10(14)9-7(12)3-1-4-8(9)13;1-6-2-4-7(5-3-6)11(8,9)10/h1,3-4,14H,2,5-6H2;2-5H,1H3,(H,8,9,10). The van der Waals surface area contributed by atoms with Crippen LogP contribution in [0, 0.1) is 12.3 Å². The van der Waals surface area contributed by atoms with E-state index in [0.29, 0.717) is 26.5 Å². The van der Waals surface area contributed by atoms with E-state index in [9.17, 15) is 8.42 Å². The van der Waals surface area contributed by atoms with Crippen LogP contribution in [0.2, 0.25) is 10.0 Å². The molecule has 0 amide bonds. The van der Waals surface area contributed by atoms with E-state index in [-0.39, 0.29) is 4.90 Å². The lowest BCUT2D eigenvalue weighted by atomic mass is 10.2. The van der Waals surface area contributed by atoms with Gasteiger partial charge in [0.05, 0.1) is 20.0 Å². The van der Waals surface area contributed by atoms with Crippen molar-refractivity contribution in [1.29, 1.82) is 5.41 Å². The van der Waals surface area contributed by atoms with Crippen molar-refractivity contribution in [3.8, 4) is 0 Å². The van der Waals surface area contributed by atoms with Crippen LogP contribution in [0.25, 0.3) is 0 Å². The Morgan fingerprint density at radius 2 is 1.65 bits per heavy atom. The van der Waals surface area contributed by atoms with Gasteiger partial charge in [0.1, 0.15) is 0 Å². The van der Waals surface area contributed by atoms with Gasteiger partial charge in [0, 0.05) is 17.2 Å². The molecule has 0 spiro atoms. The zero-order valence-corrected chi connectivity index (χ0v) is 17.8. The second-order valence-electron chi connectivity index (χ2n) is 5.10. The fraction of sp³-hybridized carbons (Fsp3) is 0.235. The van der Waals surface area contributed by atoms with Crippen molar-refractivity contribution < 1.29 is 13.0 Å². The molecule has 26 heavy (non-hydrogen) atoms. The van der Waals surface area contributed by atoms with Gasteiger partial charge in [-0.25, -0.2) is 0 Å². The van der Waals surface area contributed by atoms with Gasteiger partial charge in [0.15, 0.2) is 0 Å². The molecule has 0 unspecified atom stereocenters. The van der Waals surface area contributed by atoms with Crippen LogP contribution >= 0.6 is 46.6 Å². The van der Waals surface area contributed by atoms with Crippen LogP contribution in [0.15, 0.2) is 47.4 Å². The Balaban J connectivity index is 0.000000273. The third-order valence-corrected chi connectivity index (χ3v) is 5.78. The van der Waals surface area contributed by atoms with Crippen LogP contribution < -0.4 is 0 Å². The quantitative estimate of drug-likeness (QED) is 0.193. The molecule has 0 saturated heterocycles. The molecule has 0 aliphatic heterocycles. The van der Waals surface area contributed by atoms with Gasteiger partial charge < -0.3 is 0 Å². The molecule has 0 saturated carbocycles. The maximum absolute atomic E-state index is 10.5. The van der Waals surface area contributed by atoms with Gasteiger partial charge >= 0.3 is 0 Å². The Labute approximate surface area is 173 Å². The topological polar surface area (TPSA) is 78.2 Å². The molecular formula is C17H18Cl3NO3S2. The third-order valence-electron chi connectivity index (χ3n) is 3.03. The summed E-state index contributed by atoms with van der Waals surface area (Å²) in [5.74, 6) is 1.42. The van der Waals surface area contributed by atoms with Gasteiger partial charge in [-0.05, 0) is 37.6 Å². The van der Waals surface area contributed by atoms with Crippen LogP contribution in [0.3, 0.4) is 0 Å². The molecule has 2 N–H and O–H groups in total. The van der Waals surface area contributed by atoms with Crippen molar-refractivity contribution in [2.24, 2.45) is 0 Å². The molecule has 0 aliphatic rings. The Bertz CT molecular complexity index is 821. The van der Waals surface area contributed by atoms with Crippen LogP contribution in [-0.4, -0.2) is 29.6 Å². The second-order valence-corrected chi connectivity index (χ2v) is 8.82. The predicted octanol–water partition coefficient (Wildman–Crippen LogP) is 5.92. The lowest BCUT2D eigenvalue weighted by Crippen LogP contribution is -1.97. The molecule has 0 heterocycles. The first-order valence-electron chi connectivity index (χ1n) is 7.42. The summed E-state index contributed by atoms with van der Waals surface area (Å²) in [5.41, 5.74) is 1.57. The molecule has 0 bridgehead atoms. The van der Waals surface area contributed by atoms with E-state index in [2.05, 4.69) is 0 Å². The van der Waals surface area contributed by atoms with Crippen LogP contribution in [-0.2, 0) is 10.1 Å². The number of thioether (sulfide) groups is 1. The molecule has 9 heteroatoms.